The van der Waals surface area contributed by atoms with Gasteiger partial charge in [0, 0.05) is 16.2 Å². The van der Waals surface area contributed by atoms with Crippen LogP contribution in [-0.4, -0.2) is 46.7 Å². The fourth-order valence-electron chi connectivity index (χ4n) is 2.55. The molecule has 2 N–H and O–H groups in total. The van der Waals surface area contributed by atoms with E-state index in [4.69, 9.17) is 15.8 Å². The van der Waals surface area contributed by atoms with Crippen LogP contribution in [0.4, 0.5) is 0 Å². The molecule has 2 fully saturated rings. The van der Waals surface area contributed by atoms with Crippen molar-refractivity contribution in [1.82, 2.24) is 0 Å². The summed E-state index contributed by atoms with van der Waals surface area (Å²) < 4.78 is 5.18. The Labute approximate surface area is 121 Å². The molecular weight excluding hydrogens is 276 g/mol. The SMILES string of the molecule is [N-]=[N+]=N[C@@H]1CC2O[C@H]2C[C@H]1O.[N-]=[N+]=N[C@@H]1CC=CC[C@H]1O. The topological polar surface area (TPSA) is 151 Å². The van der Waals surface area contributed by atoms with Gasteiger partial charge >= 0.3 is 0 Å². The summed E-state index contributed by atoms with van der Waals surface area (Å²) in [5.74, 6) is 0. The van der Waals surface area contributed by atoms with E-state index in [0.29, 0.717) is 25.7 Å². The zero-order chi connectivity index (χ0) is 15.2. The van der Waals surface area contributed by atoms with E-state index in [0.717, 1.165) is 0 Å². The van der Waals surface area contributed by atoms with Crippen molar-refractivity contribution < 1.29 is 14.9 Å². The van der Waals surface area contributed by atoms with Crippen molar-refractivity contribution in [3.05, 3.63) is 33.0 Å². The van der Waals surface area contributed by atoms with Crippen LogP contribution in [0.5, 0.6) is 0 Å². The largest absolute Gasteiger partial charge is 0.393 e. The summed E-state index contributed by atoms with van der Waals surface area (Å²) in [6.45, 7) is 0. The van der Waals surface area contributed by atoms with Gasteiger partial charge in [-0.3, -0.25) is 0 Å². The minimum atomic E-state index is -0.505. The summed E-state index contributed by atoms with van der Waals surface area (Å²) in [6.07, 6.45) is 5.86. The summed E-state index contributed by atoms with van der Waals surface area (Å²) in [5, 5.41) is 25.5. The number of rotatable bonds is 2. The molecule has 1 unspecified atom stereocenters. The number of azide groups is 2. The van der Waals surface area contributed by atoms with Crippen LogP contribution < -0.4 is 0 Å². The molecule has 2 aliphatic carbocycles. The van der Waals surface area contributed by atoms with Crippen molar-refractivity contribution in [2.24, 2.45) is 10.2 Å². The van der Waals surface area contributed by atoms with Crippen molar-refractivity contribution in [3.8, 4) is 0 Å². The first-order chi connectivity index (χ1) is 10.2. The average Bonchev–Trinajstić information content (AvgIpc) is 3.21. The molecule has 3 aliphatic rings. The molecule has 0 bridgehead atoms. The van der Waals surface area contributed by atoms with Crippen LogP contribution in [0.15, 0.2) is 22.4 Å². The number of hydrogen-bond acceptors (Lipinski definition) is 5. The van der Waals surface area contributed by atoms with Crippen LogP contribution in [0.2, 0.25) is 0 Å². The number of fused-ring (bicyclic) bond motifs is 1. The van der Waals surface area contributed by atoms with Crippen LogP contribution in [0.1, 0.15) is 25.7 Å². The van der Waals surface area contributed by atoms with Gasteiger partial charge < -0.3 is 14.9 Å². The van der Waals surface area contributed by atoms with E-state index >= 15 is 0 Å². The van der Waals surface area contributed by atoms with Crippen molar-refractivity contribution in [3.63, 3.8) is 0 Å². The van der Waals surface area contributed by atoms with Gasteiger partial charge in [0.2, 0.25) is 0 Å². The van der Waals surface area contributed by atoms with Gasteiger partial charge in [-0.05, 0) is 30.3 Å². The highest BCUT2D eigenvalue weighted by Crippen LogP contribution is 2.37. The first kappa shape index (κ1) is 15.6. The lowest BCUT2D eigenvalue weighted by Crippen LogP contribution is -2.31. The maximum Gasteiger partial charge on any atom is 0.0866 e. The van der Waals surface area contributed by atoms with Gasteiger partial charge in [0.25, 0.3) is 0 Å². The van der Waals surface area contributed by atoms with Crippen LogP contribution in [0.3, 0.4) is 0 Å². The maximum absolute atomic E-state index is 9.35. The molecule has 0 radical (unpaired) electrons. The highest BCUT2D eigenvalue weighted by molar-refractivity contribution is 4.99. The third-order valence-electron chi connectivity index (χ3n) is 3.85. The van der Waals surface area contributed by atoms with Gasteiger partial charge in [-0.2, -0.15) is 0 Å². The van der Waals surface area contributed by atoms with Crippen LogP contribution in [-0.2, 0) is 4.74 Å². The normalized spacial score (nSPS) is 39.7. The minimum Gasteiger partial charge on any atom is -0.393 e. The Morgan fingerprint density at radius 1 is 0.905 bits per heavy atom. The molecule has 0 aromatic rings. The Bertz CT molecular complexity index is 485. The highest BCUT2D eigenvalue weighted by Gasteiger charge is 2.47. The second-order valence-corrected chi connectivity index (χ2v) is 5.31. The number of aliphatic hydroxyl groups is 2. The predicted octanol–water partition coefficient (Wildman–Crippen LogP) is 1.96. The fraction of sp³-hybridized carbons (Fsp3) is 0.833. The molecule has 1 aliphatic heterocycles. The maximum atomic E-state index is 9.35. The van der Waals surface area contributed by atoms with Gasteiger partial charge in [-0.15, -0.1) is 0 Å². The third-order valence-corrected chi connectivity index (χ3v) is 3.85. The van der Waals surface area contributed by atoms with E-state index in [1.54, 1.807) is 0 Å². The fourth-order valence-corrected chi connectivity index (χ4v) is 2.55. The lowest BCUT2D eigenvalue weighted by Gasteiger charge is -2.19. The van der Waals surface area contributed by atoms with Crippen molar-refractivity contribution in [2.45, 2.75) is 62.2 Å². The van der Waals surface area contributed by atoms with Crippen LogP contribution in [0, 0.1) is 0 Å². The Morgan fingerprint density at radius 2 is 1.52 bits per heavy atom. The molecule has 114 valence electrons. The Hall–Kier alpha value is -1.76. The average molecular weight is 294 g/mol. The second kappa shape index (κ2) is 7.31. The number of ether oxygens (including phenoxy) is 1. The van der Waals surface area contributed by atoms with Crippen molar-refractivity contribution in [1.29, 1.82) is 0 Å². The molecule has 21 heavy (non-hydrogen) atoms. The van der Waals surface area contributed by atoms with E-state index in [9.17, 15) is 10.2 Å². The third kappa shape index (κ3) is 4.35. The van der Waals surface area contributed by atoms with Gasteiger partial charge in [0.15, 0.2) is 0 Å². The van der Waals surface area contributed by atoms with Crippen molar-refractivity contribution >= 4 is 0 Å². The summed E-state index contributed by atoms with van der Waals surface area (Å²) in [5.41, 5.74) is 16.2. The molecule has 9 heteroatoms. The quantitative estimate of drug-likeness (QED) is 0.263. The first-order valence-electron chi connectivity index (χ1n) is 6.90. The Morgan fingerprint density at radius 3 is 2.19 bits per heavy atom. The molecule has 1 heterocycles. The summed E-state index contributed by atoms with van der Waals surface area (Å²) in [7, 11) is 0. The molecule has 0 aromatic heterocycles. The lowest BCUT2D eigenvalue weighted by molar-refractivity contribution is 0.118. The number of hydrogen-bond donors (Lipinski definition) is 2. The summed E-state index contributed by atoms with van der Waals surface area (Å²) in [6, 6.07) is -0.529. The molecule has 3 rings (SSSR count). The molecule has 0 spiro atoms. The summed E-state index contributed by atoms with van der Waals surface area (Å²) >= 11 is 0. The Balaban J connectivity index is 0.000000155. The highest BCUT2D eigenvalue weighted by atomic mass is 16.6. The van der Waals surface area contributed by atoms with E-state index in [-0.39, 0.29) is 24.3 Å². The zero-order valence-electron chi connectivity index (χ0n) is 11.4. The monoisotopic (exact) mass is 294 g/mol. The first-order valence-corrected chi connectivity index (χ1v) is 6.90. The number of epoxide rings is 1. The molecular formula is C12H18N6O3. The Kier molecular flexibility index (Phi) is 5.44. The van der Waals surface area contributed by atoms with Gasteiger partial charge in [0.1, 0.15) is 0 Å². The molecule has 6 atom stereocenters. The smallest absolute Gasteiger partial charge is 0.0866 e. The molecule has 9 nitrogen and oxygen atoms in total. The second-order valence-electron chi connectivity index (χ2n) is 5.31. The van der Waals surface area contributed by atoms with Crippen LogP contribution in [0.25, 0.3) is 20.9 Å². The van der Waals surface area contributed by atoms with Crippen molar-refractivity contribution in [2.75, 3.05) is 0 Å². The van der Waals surface area contributed by atoms with Gasteiger partial charge in [0.05, 0.1) is 36.5 Å². The van der Waals surface area contributed by atoms with E-state index in [2.05, 4.69) is 20.1 Å². The zero-order valence-corrected chi connectivity index (χ0v) is 11.4. The molecule has 1 saturated heterocycles. The molecule has 0 aromatic carbocycles. The number of aliphatic hydroxyl groups excluding tert-OH is 2. The summed E-state index contributed by atoms with van der Waals surface area (Å²) in [4.78, 5) is 5.31. The van der Waals surface area contributed by atoms with Gasteiger partial charge in [-0.1, -0.05) is 22.4 Å². The molecule has 1 saturated carbocycles. The molecule has 0 amide bonds. The number of nitrogens with zero attached hydrogens (tertiary/aromatic N) is 6. The standard InChI is InChI=1S/C6H9N3O2.C6H9N3O/c7-9-8-3-1-5-6(11-5)2-4(3)10;7-9-8-5-3-1-2-4-6(5)10/h3-6,10H,1-2H2;1-2,5-6,10H,3-4H2/t3-,4-,5?,6+;5-,6-/m11/s1. The van der Waals surface area contributed by atoms with E-state index < -0.39 is 12.2 Å². The van der Waals surface area contributed by atoms with E-state index in [1.807, 2.05) is 12.2 Å². The van der Waals surface area contributed by atoms with Gasteiger partial charge in [-0.25, -0.2) is 0 Å². The predicted molar refractivity (Wildman–Crippen MR) is 74.2 cm³/mol. The van der Waals surface area contributed by atoms with E-state index in [1.165, 1.54) is 0 Å². The van der Waals surface area contributed by atoms with Crippen LogP contribution >= 0.6 is 0 Å². The minimum absolute atomic E-state index is 0.232. The lowest BCUT2D eigenvalue weighted by atomic mass is 9.93.